The maximum absolute atomic E-state index is 10.9. The van der Waals surface area contributed by atoms with Gasteiger partial charge in [0.1, 0.15) is 0 Å². The Labute approximate surface area is 442 Å². The van der Waals surface area contributed by atoms with Gasteiger partial charge in [-0.1, -0.05) is 24.3 Å². The molecule has 2 aromatic carbocycles. The van der Waals surface area contributed by atoms with E-state index >= 15 is 0 Å². The van der Waals surface area contributed by atoms with Crippen molar-refractivity contribution >= 4 is 69.8 Å². The number of nitrogens with zero attached hydrogens (tertiary/aromatic N) is 6. The van der Waals surface area contributed by atoms with Gasteiger partial charge in [-0.05, 0) is 30.7 Å². The summed E-state index contributed by atoms with van der Waals surface area (Å²) in [4.78, 5) is 53.9. The van der Waals surface area contributed by atoms with Crippen LogP contribution in [-0.4, -0.2) is 54.9 Å². The van der Waals surface area contributed by atoms with Crippen LogP contribution in [0, 0.1) is 0 Å². The van der Waals surface area contributed by atoms with Crippen molar-refractivity contribution in [3.8, 4) is 0 Å². The van der Waals surface area contributed by atoms with Crippen LogP contribution in [0.25, 0.3) is 10.8 Å². The van der Waals surface area contributed by atoms with E-state index < -0.39 is 36.8 Å². The molecule has 2 aromatic heterocycles. The molecular formula is C24H20K4N12O8. The van der Waals surface area contributed by atoms with E-state index in [-0.39, 0.29) is 241 Å². The first-order valence-electron chi connectivity index (χ1n) is 12.1. The molecule has 0 fully saturated rings. The first-order chi connectivity index (χ1) is 21.1. The number of aromatic nitrogens is 6. The number of carboxylic acid groups (broad SMARTS) is 2. The summed E-state index contributed by atoms with van der Waals surface area (Å²) in [5, 5.41) is 60.3. The van der Waals surface area contributed by atoms with Gasteiger partial charge in [0.2, 0.25) is 35.7 Å². The summed E-state index contributed by atoms with van der Waals surface area (Å²) in [6.07, 6.45) is 0. The molecule has 4 rings (SSSR count). The van der Waals surface area contributed by atoms with Crippen LogP contribution >= 0.6 is 0 Å². The maximum Gasteiger partial charge on any atom is 1.00 e. The van der Waals surface area contributed by atoms with Gasteiger partial charge in [-0.3, -0.25) is 10.6 Å². The second-order valence-electron chi connectivity index (χ2n) is 8.29. The number of carboxylic acids is 2. The molecule has 6 N–H and O–H groups in total. The molecule has 24 heteroatoms. The minimum Gasteiger partial charge on any atom is -0.663 e. The predicted molar refractivity (Wildman–Crippen MR) is 145 cm³/mol. The van der Waals surface area contributed by atoms with Gasteiger partial charge in [-0.2, -0.15) is 29.9 Å². The van der Waals surface area contributed by atoms with Gasteiger partial charge in [0, 0.05) is 5.39 Å². The fourth-order valence-electron chi connectivity index (χ4n) is 3.52. The maximum atomic E-state index is 10.9. The Morgan fingerprint density at radius 1 is 0.604 bits per heavy atom. The fourth-order valence-corrected chi connectivity index (χ4v) is 3.52. The van der Waals surface area contributed by atoms with Crippen LogP contribution in [-0.2, 0) is 19.4 Å². The molecular weight excluding hydrogens is 741 g/mol. The van der Waals surface area contributed by atoms with Crippen LogP contribution in [0.1, 0.15) is 0 Å². The summed E-state index contributed by atoms with van der Waals surface area (Å²) in [5.74, 6) is -4.65. The minimum atomic E-state index is -1.43. The first-order valence-corrected chi connectivity index (χ1v) is 12.1. The van der Waals surface area contributed by atoms with E-state index in [9.17, 15) is 30.3 Å². The number of hydrogen-bond acceptors (Lipinski definition) is 20. The molecule has 4 aromatic rings. The molecule has 0 saturated carbocycles. The van der Waals surface area contributed by atoms with Crippen LogP contribution in [0.15, 0.2) is 61.3 Å². The third kappa shape index (κ3) is 15.3. The number of benzene rings is 2. The summed E-state index contributed by atoms with van der Waals surface area (Å²) in [6, 6.07) is 10.4. The van der Waals surface area contributed by atoms with Crippen LogP contribution in [0.5, 0.6) is 0 Å². The number of anilines is 8. The number of hydrogen-bond donors (Lipinski definition) is 6. The molecule has 0 amide bonds. The standard InChI is InChI=1S/C24H24N12O8.4K/c1-11(43-41)27-21-34-22(28-12(2)44-42)36-24(35-21)30-15-8-4-6-13-5-3-7-14(18(13)15)29-23-32-19(25-9-16(37)38)31-20(33-23)26-10-17(39)40;;;;/h3-8,41-42H,1-2,9-10H2,(H,37,38)(H,39,40)(H3,25,26,29,31,32,33)(H3,27,28,30,34,35,36);;;;/q;4*+1/p-4. The Morgan fingerprint density at radius 2 is 0.958 bits per heavy atom. The summed E-state index contributed by atoms with van der Waals surface area (Å²) in [6.45, 7) is 5.45. The second-order valence-corrected chi connectivity index (χ2v) is 8.29. The largest absolute Gasteiger partial charge is 1.00 e. The van der Waals surface area contributed by atoms with Crippen LogP contribution < -0.4 is 258 Å². The van der Waals surface area contributed by atoms with E-state index in [0.29, 0.717) is 22.1 Å². The number of nitrogens with one attached hydrogen (secondary N) is 6. The van der Waals surface area contributed by atoms with Gasteiger partial charge in [-0.15, -0.1) is 0 Å². The first kappa shape index (κ1) is 48.0. The SMILES string of the molecule is C=C(Nc1nc(NC(=C)O[O-])nc(Nc2cccc3cccc(Nc4nc(NCC(=O)[O-])nc(NCC(=O)[O-])n4)c23)n1)O[O-].[K+].[K+].[K+].[K+]. The summed E-state index contributed by atoms with van der Waals surface area (Å²) in [5.41, 5.74) is 0.867. The van der Waals surface area contributed by atoms with Crippen LogP contribution in [0.3, 0.4) is 0 Å². The van der Waals surface area contributed by atoms with Crippen molar-refractivity contribution in [3.05, 3.63) is 61.3 Å². The molecule has 48 heavy (non-hydrogen) atoms. The van der Waals surface area contributed by atoms with E-state index in [1.165, 1.54) is 0 Å². The van der Waals surface area contributed by atoms with E-state index in [0.717, 1.165) is 0 Å². The number of rotatable bonds is 16. The predicted octanol–water partition coefficient (Wildman–Crippen LogP) is -14.6. The summed E-state index contributed by atoms with van der Waals surface area (Å²) in [7, 11) is 0. The fraction of sp³-hybridized carbons (Fsp3) is 0.0833. The molecule has 0 aliphatic heterocycles. The van der Waals surface area contributed by atoms with Crippen LogP contribution in [0.2, 0.25) is 0 Å². The second kappa shape index (κ2) is 24.3. The Bertz CT molecular complexity index is 1660. The van der Waals surface area contributed by atoms with Crippen molar-refractivity contribution in [2.24, 2.45) is 0 Å². The quantitative estimate of drug-likeness (QED) is 0.0267. The molecule has 0 spiro atoms. The van der Waals surface area contributed by atoms with E-state index in [2.05, 4.69) is 84.7 Å². The third-order valence-electron chi connectivity index (χ3n) is 5.15. The molecule has 228 valence electrons. The van der Waals surface area contributed by atoms with Crippen LogP contribution in [0.4, 0.5) is 47.1 Å². The smallest absolute Gasteiger partial charge is 0.663 e. The molecule has 0 unspecified atom stereocenters. The number of carbonyl (C=O) groups excluding carboxylic acids is 2. The molecule has 0 saturated heterocycles. The Kier molecular flexibility index (Phi) is 24.3. The Hall–Kier alpha value is 0.00545. The minimum absolute atomic E-state index is 0. The number of aliphatic carboxylic acids is 2. The van der Waals surface area contributed by atoms with Gasteiger partial charge in [0.25, 0.3) is 0 Å². The van der Waals surface area contributed by atoms with E-state index in [1.54, 1.807) is 36.4 Å². The van der Waals surface area contributed by atoms with Gasteiger partial charge in [0.15, 0.2) is 11.8 Å². The normalized spacial score (nSPS) is 9.46. The molecule has 0 aliphatic rings. The van der Waals surface area contributed by atoms with Crippen molar-refractivity contribution in [1.29, 1.82) is 0 Å². The zero-order chi connectivity index (χ0) is 31.6. The molecule has 20 nitrogen and oxygen atoms in total. The van der Waals surface area contributed by atoms with E-state index in [4.69, 9.17) is 0 Å². The monoisotopic (exact) mass is 760 g/mol. The van der Waals surface area contributed by atoms with Gasteiger partial charge < -0.3 is 61.4 Å². The average Bonchev–Trinajstić information content (AvgIpc) is 2.99. The van der Waals surface area contributed by atoms with E-state index in [1.807, 2.05) is 0 Å². The molecule has 0 radical (unpaired) electrons. The van der Waals surface area contributed by atoms with Crippen molar-refractivity contribution in [2.75, 3.05) is 45.0 Å². The Morgan fingerprint density at radius 3 is 1.33 bits per heavy atom. The van der Waals surface area contributed by atoms with Crippen molar-refractivity contribution in [2.45, 2.75) is 0 Å². The van der Waals surface area contributed by atoms with Crippen molar-refractivity contribution in [3.63, 3.8) is 0 Å². The van der Waals surface area contributed by atoms with Gasteiger partial charge in [-0.25, -0.2) is 0 Å². The summed E-state index contributed by atoms with van der Waals surface area (Å²) >= 11 is 0. The molecule has 0 aliphatic carbocycles. The van der Waals surface area contributed by atoms with Crippen molar-refractivity contribution in [1.82, 2.24) is 29.9 Å². The average molecular weight is 761 g/mol. The summed E-state index contributed by atoms with van der Waals surface area (Å²) < 4.78 is 0. The Balaban J connectivity index is 0.00000552. The zero-order valence-electron chi connectivity index (χ0n) is 26.2. The van der Waals surface area contributed by atoms with Gasteiger partial charge >= 0.3 is 206 Å². The molecule has 2 heterocycles. The zero-order valence-corrected chi connectivity index (χ0v) is 38.7. The van der Waals surface area contributed by atoms with Crippen molar-refractivity contribution < 1.29 is 246 Å². The molecule has 0 atom stereocenters. The third-order valence-corrected chi connectivity index (χ3v) is 5.15. The number of carbonyl (C=O) groups is 2. The molecule has 0 bridgehead atoms. The van der Waals surface area contributed by atoms with Gasteiger partial charge in [0.05, 0.1) is 36.4 Å². The number of fused-ring (bicyclic) bond motifs is 1. The topological polar surface area (TPSA) is 294 Å².